The van der Waals surface area contributed by atoms with Crippen LogP contribution in [0.5, 0.6) is 0 Å². The zero-order valence-electron chi connectivity index (χ0n) is 11.5. The normalized spacial score (nSPS) is 25.1. The van der Waals surface area contributed by atoms with Crippen LogP contribution in [0.4, 0.5) is 4.79 Å². The van der Waals surface area contributed by atoms with Crippen molar-refractivity contribution in [3.8, 4) is 0 Å². The molecular formula is C12H25N3O2. The Balaban J connectivity index is 2.28. The fourth-order valence-corrected chi connectivity index (χ4v) is 2.07. The SMILES string of the molecule is CN(C)NC1CCC(NC(=O)OC(C)(C)C)C1. The molecule has 1 aliphatic carbocycles. The Labute approximate surface area is 104 Å². The first-order chi connectivity index (χ1) is 7.76. The van der Waals surface area contributed by atoms with E-state index < -0.39 is 5.60 Å². The number of carbonyl (C=O) groups excluding carboxylic acids is 1. The van der Waals surface area contributed by atoms with E-state index in [0.717, 1.165) is 19.3 Å². The average Bonchev–Trinajstić information content (AvgIpc) is 2.46. The Hall–Kier alpha value is -0.810. The van der Waals surface area contributed by atoms with Crippen LogP contribution in [0, 0.1) is 0 Å². The van der Waals surface area contributed by atoms with Crippen LogP contribution in [0.3, 0.4) is 0 Å². The monoisotopic (exact) mass is 243 g/mol. The minimum atomic E-state index is -0.427. The van der Waals surface area contributed by atoms with Gasteiger partial charge in [-0.25, -0.2) is 4.79 Å². The van der Waals surface area contributed by atoms with Gasteiger partial charge in [0.25, 0.3) is 0 Å². The number of amides is 1. The van der Waals surface area contributed by atoms with E-state index in [2.05, 4.69) is 10.7 Å². The van der Waals surface area contributed by atoms with Crippen LogP contribution in [-0.2, 0) is 4.74 Å². The lowest BCUT2D eigenvalue weighted by molar-refractivity contribution is 0.0504. The van der Waals surface area contributed by atoms with E-state index in [1.165, 1.54) is 0 Å². The summed E-state index contributed by atoms with van der Waals surface area (Å²) in [5.41, 5.74) is 2.91. The van der Waals surface area contributed by atoms with Crippen molar-refractivity contribution in [1.29, 1.82) is 0 Å². The summed E-state index contributed by atoms with van der Waals surface area (Å²) in [6.45, 7) is 5.62. The van der Waals surface area contributed by atoms with Crippen molar-refractivity contribution in [2.45, 2.75) is 57.7 Å². The van der Waals surface area contributed by atoms with Crippen molar-refractivity contribution < 1.29 is 9.53 Å². The maximum atomic E-state index is 11.6. The van der Waals surface area contributed by atoms with Crippen LogP contribution in [0.15, 0.2) is 0 Å². The van der Waals surface area contributed by atoms with E-state index in [0.29, 0.717) is 6.04 Å². The molecule has 100 valence electrons. The van der Waals surface area contributed by atoms with E-state index in [1.54, 1.807) is 0 Å². The van der Waals surface area contributed by atoms with Crippen molar-refractivity contribution in [3.63, 3.8) is 0 Å². The van der Waals surface area contributed by atoms with Crippen LogP contribution < -0.4 is 10.7 Å². The zero-order chi connectivity index (χ0) is 13.1. The minimum Gasteiger partial charge on any atom is -0.444 e. The van der Waals surface area contributed by atoms with Gasteiger partial charge in [-0.05, 0) is 40.0 Å². The third kappa shape index (κ3) is 5.89. The van der Waals surface area contributed by atoms with E-state index in [1.807, 2.05) is 39.9 Å². The Bertz CT molecular complexity index is 261. The summed E-state index contributed by atoms with van der Waals surface area (Å²) in [4.78, 5) is 11.6. The predicted octanol–water partition coefficient (Wildman–Crippen LogP) is 1.50. The first kappa shape index (κ1) is 14.3. The number of rotatable bonds is 3. The van der Waals surface area contributed by atoms with Gasteiger partial charge in [-0.15, -0.1) is 0 Å². The second-order valence-electron chi connectivity index (χ2n) is 5.88. The molecule has 0 saturated heterocycles. The van der Waals surface area contributed by atoms with Gasteiger partial charge >= 0.3 is 6.09 Å². The van der Waals surface area contributed by atoms with E-state index in [-0.39, 0.29) is 12.1 Å². The maximum absolute atomic E-state index is 11.6. The quantitative estimate of drug-likeness (QED) is 0.738. The Kier molecular flexibility index (Phi) is 4.77. The number of hydrazine groups is 1. The molecule has 5 heteroatoms. The molecule has 0 radical (unpaired) electrons. The average molecular weight is 243 g/mol. The second kappa shape index (κ2) is 5.69. The Morgan fingerprint density at radius 2 is 1.82 bits per heavy atom. The first-order valence-electron chi connectivity index (χ1n) is 6.19. The minimum absolute atomic E-state index is 0.224. The molecule has 2 atom stereocenters. The fourth-order valence-electron chi connectivity index (χ4n) is 2.07. The molecule has 0 aromatic heterocycles. The number of alkyl carbamates (subject to hydrolysis) is 1. The maximum Gasteiger partial charge on any atom is 0.407 e. The van der Waals surface area contributed by atoms with E-state index in [9.17, 15) is 4.79 Å². The van der Waals surface area contributed by atoms with Crippen molar-refractivity contribution in [2.75, 3.05) is 14.1 Å². The van der Waals surface area contributed by atoms with Gasteiger partial charge in [0.05, 0.1) is 0 Å². The Morgan fingerprint density at radius 3 is 2.35 bits per heavy atom. The molecule has 1 saturated carbocycles. The van der Waals surface area contributed by atoms with Crippen LogP contribution in [-0.4, -0.2) is 42.9 Å². The van der Waals surface area contributed by atoms with Gasteiger partial charge in [-0.1, -0.05) is 0 Å². The standard InChI is InChI=1S/C12H25N3O2/c1-12(2,3)17-11(16)13-9-6-7-10(8-9)14-15(4)5/h9-10,14H,6-8H2,1-5H3,(H,13,16). The van der Waals surface area contributed by atoms with E-state index in [4.69, 9.17) is 4.74 Å². The van der Waals surface area contributed by atoms with Gasteiger partial charge in [0.2, 0.25) is 0 Å². The number of carbonyl (C=O) groups is 1. The summed E-state index contributed by atoms with van der Waals surface area (Å²) in [5, 5.41) is 4.88. The molecule has 0 bridgehead atoms. The Morgan fingerprint density at radius 1 is 1.24 bits per heavy atom. The van der Waals surface area contributed by atoms with Gasteiger partial charge in [0.1, 0.15) is 5.60 Å². The van der Waals surface area contributed by atoms with Crippen molar-refractivity contribution in [2.24, 2.45) is 0 Å². The molecule has 2 N–H and O–H groups in total. The lowest BCUT2D eigenvalue weighted by Crippen LogP contribution is -2.41. The van der Waals surface area contributed by atoms with E-state index >= 15 is 0 Å². The van der Waals surface area contributed by atoms with Crippen LogP contribution in [0.2, 0.25) is 0 Å². The highest BCUT2D eigenvalue weighted by Crippen LogP contribution is 2.19. The third-order valence-electron chi connectivity index (χ3n) is 2.59. The summed E-state index contributed by atoms with van der Waals surface area (Å²) < 4.78 is 5.24. The van der Waals surface area contributed by atoms with Crippen LogP contribution >= 0.6 is 0 Å². The summed E-state index contributed by atoms with van der Waals surface area (Å²) in [7, 11) is 3.96. The topological polar surface area (TPSA) is 53.6 Å². The summed E-state index contributed by atoms with van der Waals surface area (Å²) >= 11 is 0. The predicted molar refractivity (Wildman–Crippen MR) is 67.6 cm³/mol. The molecular weight excluding hydrogens is 218 g/mol. The number of hydrogen-bond acceptors (Lipinski definition) is 4. The molecule has 0 aliphatic heterocycles. The number of nitrogens with zero attached hydrogens (tertiary/aromatic N) is 1. The summed E-state index contributed by atoms with van der Waals surface area (Å²) in [6, 6.07) is 0.673. The third-order valence-corrected chi connectivity index (χ3v) is 2.59. The molecule has 17 heavy (non-hydrogen) atoms. The molecule has 1 amide bonds. The highest BCUT2D eigenvalue weighted by atomic mass is 16.6. The lowest BCUT2D eigenvalue weighted by Gasteiger charge is -2.22. The van der Waals surface area contributed by atoms with Gasteiger partial charge in [0.15, 0.2) is 0 Å². The number of ether oxygens (including phenoxy) is 1. The molecule has 0 heterocycles. The van der Waals surface area contributed by atoms with Gasteiger partial charge in [0, 0.05) is 26.2 Å². The van der Waals surface area contributed by atoms with Crippen LogP contribution in [0.1, 0.15) is 40.0 Å². The second-order valence-corrected chi connectivity index (χ2v) is 5.88. The molecule has 0 spiro atoms. The molecule has 1 fully saturated rings. The smallest absolute Gasteiger partial charge is 0.407 e. The van der Waals surface area contributed by atoms with Crippen molar-refractivity contribution in [3.05, 3.63) is 0 Å². The van der Waals surface area contributed by atoms with Crippen molar-refractivity contribution >= 4 is 6.09 Å². The zero-order valence-corrected chi connectivity index (χ0v) is 11.5. The van der Waals surface area contributed by atoms with Gasteiger partial charge in [-0.2, -0.15) is 0 Å². The molecule has 0 aromatic rings. The summed E-state index contributed by atoms with van der Waals surface area (Å²) in [6.07, 6.45) is 2.73. The fraction of sp³-hybridized carbons (Fsp3) is 0.917. The molecule has 5 nitrogen and oxygen atoms in total. The number of hydrogen-bond donors (Lipinski definition) is 2. The highest BCUT2D eigenvalue weighted by Gasteiger charge is 2.27. The number of nitrogens with one attached hydrogen (secondary N) is 2. The molecule has 0 aromatic carbocycles. The molecule has 1 aliphatic rings. The largest absolute Gasteiger partial charge is 0.444 e. The van der Waals surface area contributed by atoms with Crippen molar-refractivity contribution in [1.82, 2.24) is 15.8 Å². The summed E-state index contributed by atoms with van der Waals surface area (Å²) in [5.74, 6) is 0. The highest BCUT2D eigenvalue weighted by molar-refractivity contribution is 5.68. The first-order valence-corrected chi connectivity index (χ1v) is 6.19. The molecule has 1 rings (SSSR count). The lowest BCUT2D eigenvalue weighted by atomic mass is 10.2. The van der Waals surface area contributed by atoms with Gasteiger partial charge < -0.3 is 10.1 Å². The van der Waals surface area contributed by atoms with Gasteiger partial charge in [-0.3, -0.25) is 10.4 Å². The molecule has 2 unspecified atom stereocenters. The van der Waals surface area contributed by atoms with Crippen LogP contribution in [0.25, 0.3) is 0 Å².